The Morgan fingerprint density at radius 2 is 1.97 bits per heavy atom. The summed E-state index contributed by atoms with van der Waals surface area (Å²) in [4.78, 5) is 39.5. The Balaban J connectivity index is 2.05. The first-order valence-electron chi connectivity index (χ1n) is 9.91. The predicted molar refractivity (Wildman–Crippen MR) is 116 cm³/mol. The molecular formula is C22H26N2O5S. The van der Waals surface area contributed by atoms with Crippen molar-refractivity contribution < 1.29 is 19.1 Å². The lowest BCUT2D eigenvalue weighted by atomic mass is 10.1. The Kier molecular flexibility index (Phi) is 7.23. The summed E-state index contributed by atoms with van der Waals surface area (Å²) >= 11 is 1.18. The molecule has 1 aliphatic heterocycles. The second-order valence-corrected chi connectivity index (χ2v) is 8.15. The van der Waals surface area contributed by atoms with Gasteiger partial charge in [-0.2, -0.15) is 0 Å². The van der Waals surface area contributed by atoms with Crippen molar-refractivity contribution in [3.8, 4) is 0 Å². The number of thiazole rings is 1. The van der Waals surface area contributed by atoms with Gasteiger partial charge in [-0.1, -0.05) is 23.8 Å². The van der Waals surface area contributed by atoms with Gasteiger partial charge in [-0.3, -0.25) is 14.2 Å². The van der Waals surface area contributed by atoms with Gasteiger partial charge in [0.1, 0.15) is 11.2 Å². The molecule has 0 N–H and O–H groups in total. The minimum atomic E-state index is -0.538. The number of aromatic nitrogens is 1. The zero-order valence-electron chi connectivity index (χ0n) is 17.5. The van der Waals surface area contributed by atoms with Crippen molar-refractivity contribution in [2.75, 3.05) is 32.9 Å². The molecule has 0 atom stereocenters. The molecule has 2 aromatic rings. The number of hydrogen-bond acceptors (Lipinski definition) is 6. The van der Waals surface area contributed by atoms with Crippen LogP contribution >= 0.6 is 11.3 Å². The zero-order chi connectivity index (χ0) is 21.7. The second kappa shape index (κ2) is 9.86. The standard InChI is InChI=1S/C22H26N2O5S/c1-4-29-21(26)13-20-24(14-19(25)23-7-9-28-10-8-23)22(27)18(30-20)12-17-6-5-15(2)11-16(17)3/h5-6,11-13H,4,7-10,14H2,1-3H3/b18-12+,20-13-. The van der Waals surface area contributed by atoms with E-state index < -0.39 is 5.97 Å². The van der Waals surface area contributed by atoms with Crippen LogP contribution in [-0.2, 0) is 25.6 Å². The van der Waals surface area contributed by atoms with Crippen LogP contribution in [0.25, 0.3) is 12.2 Å². The Hall–Kier alpha value is -2.71. The van der Waals surface area contributed by atoms with Crippen LogP contribution in [0, 0.1) is 13.8 Å². The van der Waals surface area contributed by atoms with Crippen LogP contribution < -0.4 is 14.8 Å². The van der Waals surface area contributed by atoms with Gasteiger partial charge in [-0.25, -0.2) is 4.79 Å². The molecule has 0 bridgehead atoms. The predicted octanol–water partition coefficient (Wildman–Crippen LogP) is 0.558. The van der Waals surface area contributed by atoms with Crippen molar-refractivity contribution in [3.63, 3.8) is 0 Å². The van der Waals surface area contributed by atoms with Crippen LogP contribution in [0.3, 0.4) is 0 Å². The van der Waals surface area contributed by atoms with Crippen molar-refractivity contribution in [2.24, 2.45) is 0 Å². The maximum Gasteiger partial charge on any atom is 0.333 e. The van der Waals surface area contributed by atoms with Gasteiger partial charge < -0.3 is 14.4 Å². The summed E-state index contributed by atoms with van der Waals surface area (Å²) in [6.45, 7) is 7.79. The van der Waals surface area contributed by atoms with Gasteiger partial charge in [-0.15, -0.1) is 11.3 Å². The fraction of sp³-hybridized carbons (Fsp3) is 0.409. The highest BCUT2D eigenvalue weighted by atomic mass is 32.1. The summed E-state index contributed by atoms with van der Waals surface area (Å²) in [6, 6.07) is 5.99. The topological polar surface area (TPSA) is 77.8 Å². The first-order valence-corrected chi connectivity index (χ1v) is 10.7. The summed E-state index contributed by atoms with van der Waals surface area (Å²) in [7, 11) is 0. The molecular weight excluding hydrogens is 404 g/mol. The number of aryl methyl sites for hydroxylation is 2. The first kappa shape index (κ1) is 22.0. The summed E-state index contributed by atoms with van der Waals surface area (Å²) in [5.74, 6) is -0.709. The Morgan fingerprint density at radius 3 is 2.63 bits per heavy atom. The molecule has 0 aliphatic carbocycles. The van der Waals surface area contributed by atoms with E-state index in [4.69, 9.17) is 9.47 Å². The molecule has 1 aromatic heterocycles. The first-order chi connectivity index (χ1) is 14.4. The van der Waals surface area contributed by atoms with Crippen LogP contribution in [0.15, 0.2) is 23.0 Å². The molecule has 1 amide bonds. The van der Waals surface area contributed by atoms with E-state index in [1.165, 1.54) is 22.0 Å². The molecule has 8 heteroatoms. The zero-order valence-corrected chi connectivity index (χ0v) is 18.3. The van der Waals surface area contributed by atoms with Crippen LogP contribution in [0.4, 0.5) is 0 Å². The quantitative estimate of drug-likeness (QED) is 0.648. The Bertz CT molecular complexity index is 1110. The van der Waals surface area contributed by atoms with Crippen molar-refractivity contribution in [2.45, 2.75) is 27.3 Å². The van der Waals surface area contributed by atoms with Gasteiger partial charge in [0.2, 0.25) is 5.91 Å². The van der Waals surface area contributed by atoms with E-state index in [9.17, 15) is 14.4 Å². The molecule has 30 heavy (non-hydrogen) atoms. The number of ether oxygens (including phenoxy) is 2. The van der Waals surface area contributed by atoms with Gasteiger partial charge >= 0.3 is 5.97 Å². The lowest BCUT2D eigenvalue weighted by Crippen LogP contribution is -2.45. The lowest BCUT2D eigenvalue weighted by molar-refractivity contribution is -0.136. The van der Waals surface area contributed by atoms with Crippen molar-refractivity contribution in [1.29, 1.82) is 0 Å². The molecule has 3 rings (SSSR count). The summed E-state index contributed by atoms with van der Waals surface area (Å²) in [6.07, 6.45) is 3.08. The molecule has 0 unspecified atom stereocenters. The molecule has 0 spiro atoms. The second-order valence-electron chi connectivity index (χ2n) is 7.09. The molecule has 160 valence electrons. The minimum absolute atomic E-state index is 0.124. The van der Waals surface area contributed by atoms with Crippen molar-refractivity contribution in [3.05, 3.63) is 54.4 Å². The fourth-order valence-electron chi connectivity index (χ4n) is 3.25. The Labute approximate surface area is 178 Å². The minimum Gasteiger partial charge on any atom is -0.463 e. The number of nitrogens with zero attached hydrogens (tertiary/aromatic N) is 2. The molecule has 0 radical (unpaired) electrons. The number of hydrogen-bond donors (Lipinski definition) is 0. The van der Waals surface area contributed by atoms with Gasteiger partial charge in [0.05, 0.1) is 30.4 Å². The van der Waals surface area contributed by atoms with E-state index in [2.05, 4.69) is 0 Å². The highest BCUT2D eigenvalue weighted by Crippen LogP contribution is 2.10. The number of benzene rings is 1. The van der Waals surface area contributed by atoms with Gasteiger partial charge in [-0.05, 0) is 38.0 Å². The molecule has 1 aromatic carbocycles. The maximum atomic E-state index is 13.1. The molecule has 2 heterocycles. The molecule has 1 aliphatic rings. The van der Waals surface area contributed by atoms with E-state index in [1.807, 2.05) is 32.0 Å². The third-order valence-corrected chi connectivity index (χ3v) is 5.89. The molecule has 1 fully saturated rings. The van der Waals surface area contributed by atoms with E-state index in [0.717, 1.165) is 16.7 Å². The molecule has 1 saturated heterocycles. The third-order valence-electron chi connectivity index (χ3n) is 4.83. The number of carbonyl (C=O) groups excluding carboxylic acids is 2. The normalized spacial score (nSPS) is 15.5. The lowest BCUT2D eigenvalue weighted by Gasteiger charge is -2.26. The third kappa shape index (κ3) is 5.25. The van der Waals surface area contributed by atoms with E-state index in [-0.39, 0.29) is 24.6 Å². The molecule has 7 nitrogen and oxygen atoms in total. The summed E-state index contributed by atoms with van der Waals surface area (Å²) < 4.78 is 12.5. The van der Waals surface area contributed by atoms with Gasteiger partial charge in [0.25, 0.3) is 5.56 Å². The number of esters is 1. The van der Waals surface area contributed by atoms with E-state index >= 15 is 0 Å². The van der Waals surface area contributed by atoms with E-state index in [1.54, 1.807) is 17.9 Å². The smallest absolute Gasteiger partial charge is 0.333 e. The fourth-order valence-corrected chi connectivity index (χ4v) is 4.28. The highest BCUT2D eigenvalue weighted by Gasteiger charge is 2.19. The van der Waals surface area contributed by atoms with E-state index in [0.29, 0.717) is 35.5 Å². The number of amides is 1. The van der Waals surface area contributed by atoms with Crippen molar-refractivity contribution >= 4 is 35.4 Å². The van der Waals surface area contributed by atoms with Crippen LogP contribution in [0.1, 0.15) is 23.6 Å². The van der Waals surface area contributed by atoms with Crippen LogP contribution in [0.2, 0.25) is 0 Å². The number of morpholine rings is 1. The molecule has 0 saturated carbocycles. The number of carbonyl (C=O) groups is 2. The summed E-state index contributed by atoms with van der Waals surface area (Å²) in [5, 5.41) is 0. The summed E-state index contributed by atoms with van der Waals surface area (Å²) in [5.41, 5.74) is 2.82. The highest BCUT2D eigenvalue weighted by molar-refractivity contribution is 7.07. The van der Waals surface area contributed by atoms with Crippen LogP contribution in [0.5, 0.6) is 0 Å². The van der Waals surface area contributed by atoms with Gasteiger partial charge in [0, 0.05) is 13.1 Å². The SMILES string of the molecule is CCOC(=O)/C=c1\s/c(=C/c2ccc(C)cc2C)c(=O)n1CC(=O)N1CCOCC1. The number of rotatable bonds is 5. The average Bonchev–Trinajstić information content (AvgIpc) is 2.99. The Morgan fingerprint density at radius 1 is 1.23 bits per heavy atom. The monoisotopic (exact) mass is 430 g/mol. The average molecular weight is 431 g/mol. The van der Waals surface area contributed by atoms with Crippen molar-refractivity contribution in [1.82, 2.24) is 9.47 Å². The largest absolute Gasteiger partial charge is 0.463 e. The van der Waals surface area contributed by atoms with Gasteiger partial charge in [0.15, 0.2) is 0 Å². The maximum absolute atomic E-state index is 13.1. The van der Waals surface area contributed by atoms with Crippen LogP contribution in [-0.4, -0.2) is 54.3 Å².